The van der Waals surface area contributed by atoms with E-state index in [1.807, 2.05) is 17.0 Å². The minimum Gasteiger partial charge on any atom is -0.493 e. The Hall–Kier alpha value is -2.52. The third-order valence-electron chi connectivity index (χ3n) is 7.63. The van der Waals surface area contributed by atoms with Crippen LogP contribution in [0, 0.1) is 11.8 Å². The zero-order valence-electron chi connectivity index (χ0n) is 22.8. The molecule has 2 aliphatic heterocycles. The largest absolute Gasteiger partial charge is 0.493 e. The molecule has 0 bridgehead atoms. The number of carboxylic acids is 1. The van der Waals surface area contributed by atoms with Crippen LogP contribution in [-0.2, 0) is 9.59 Å². The van der Waals surface area contributed by atoms with Gasteiger partial charge in [-0.2, -0.15) is 0 Å². The number of benzene rings is 1. The summed E-state index contributed by atoms with van der Waals surface area (Å²) in [4.78, 5) is 30.1. The molecule has 0 spiro atoms. The summed E-state index contributed by atoms with van der Waals surface area (Å²) in [6.07, 6.45) is 5.14. The van der Waals surface area contributed by atoms with E-state index in [2.05, 4.69) is 25.7 Å². The molecular weight excluding hydrogens is 476 g/mol. The molecule has 1 aromatic carbocycles. The lowest BCUT2D eigenvalue weighted by molar-refractivity contribution is -0.144. The Balaban J connectivity index is 1.92. The van der Waals surface area contributed by atoms with Crippen LogP contribution in [0.2, 0.25) is 0 Å². The third-order valence-corrected chi connectivity index (χ3v) is 7.63. The topological polar surface area (TPSA) is 109 Å². The molecule has 0 saturated carbocycles. The summed E-state index contributed by atoms with van der Waals surface area (Å²) in [5, 5.41) is 19.8. The summed E-state index contributed by atoms with van der Waals surface area (Å²) in [6.45, 7) is 8.28. The summed E-state index contributed by atoms with van der Waals surface area (Å²) in [5.74, 6) is 0.0917. The maximum atomic E-state index is 13.4. The standard InChI is InChI=1S/C28H44N2O7/c1-5-7-10-29(11-8-12-31)25(32)17-30-16-21(26(28(33)34)22(30)13-19(3)9-6-2)20-14-23(35-4)27-24(15-20)36-18-37-27/h14-15,19,21-22,26,31H,5-13,16-18H2,1-4H3,(H,33,34)/t19?,21-,22+,26-/m1/s1. The molecule has 0 aromatic heterocycles. The lowest BCUT2D eigenvalue weighted by Gasteiger charge is -2.31. The number of ether oxygens (including phenoxy) is 3. The molecule has 0 radical (unpaired) electrons. The molecule has 1 unspecified atom stereocenters. The van der Waals surface area contributed by atoms with E-state index in [0.29, 0.717) is 55.6 Å². The van der Waals surface area contributed by atoms with Gasteiger partial charge in [-0.25, -0.2) is 0 Å². The second kappa shape index (κ2) is 13.9. The number of hydrogen-bond acceptors (Lipinski definition) is 7. The van der Waals surface area contributed by atoms with Gasteiger partial charge < -0.3 is 29.3 Å². The van der Waals surface area contributed by atoms with Crippen molar-refractivity contribution in [1.29, 1.82) is 0 Å². The molecule has 2 aliphatic rings. The van der Waals surface area contributed by atoms with Gasteiger partial charge in [-0.1, -0.05) is 40.0 Å². The molecule has 1 saturated heterocycles. The highest BCUT2D eigenvalue weighted by Crippen LogP contribution is 2.47. The van der Waals surface area contributed by atoms with Gasteiger partial charge >= 0.3 is 5.97 Å². The van der Waals surface area contributed by atoms with Crippen LogP contribution in [0.25, 0.3) is 0 Å². The molecule has 9 nitrogen and oxygen atoms in total. The SMILES string of the molecule is CCCCN(CCCO)C(=O)CN1C[C@H](c2cc(OC)c3c(c2)OCO3)[C@@H](C(=O)O)[C@@H]1CC(C)CCC. The molecule has 208 valence electrons. The number of carbonyl (C=O) groups is 2. The first-order chi connectivity index (χ1) is 17.8. The summed E-state index contributed by atoms with van der Waals surface area (Å²) < 4.78 is 16.7. The van der Waals surface area contributed by atoms with Crippen LogP contribution < -0.4 is 14.2 Å². The van der Waals surface area contributed by atoms with Crippen LogP contribution in [0.4, 0.5) is 0 Å². The fraction of sp³-hybridized carbons (Fsp3) is 0.714. The fourth-order valence-electron chi connectivity index (χ4n) is 5.76. The van der Waals surface area contributed by atoms with Crippen molar-refractivity contribution in [1.82, 2.24) is 9.80 Å². The Kier molecular flexibility index (Phi) is 10.9. The zero-order valence-corrected chi connectivity index (χ0v) is 22.8. The lowest BCUT2D eigenvalue weighted by Crippen LogP contribution is -2.45. The number of carboxylic acid groups (broad SMARTS) is 1. The van der Waals surface area contributed by atoms with Crippen molar-refractivity contribution in [2.75, 3.05) is 46.7 Å². The number of fused-ring (bicyclic) bond motifs is 1. The molecule has 3 rings (SSSR count). The molecule has 9 heteroatoms. The Labute approximate surface area is 220 Å². The average Bonchev–Trinajstić information content (AvgIpc) is 3.48. The van der Waals surface area contributed by atoms with Gasteiger partial charge in [0, 0.05) is 38.2 Å². The van der Waals surface area contributed by atoms with Gasteiger partial charge in [-0.3, -0.25) is 14.5 Å². The van der Waals surface area contributed by atoms with Gasteiger partial charge in [-0.15, -0.1) is 0 Å². The Bertz CT molecular complexity index is 901. The minimum absolute atomic E-state index is 0.0110. The van der Waals surface area contributed by atoms with Gasteiger partial charge in [0.1, 0.15) is 0 Å². The van der Waals surface area contributed by atoms with E-state index in [1.54, 1.807) is 7.11 Å². The number of aliphatic carboxylic acids is 1. The Morgan fingerprint density at radius 3 is 2.59 bits per heavy atom. The van der Waals surface area contributed by atoms with Crippen molar-refractivity contribution >= 4 is 11.9 Å². The van der Waals surface area contributed by atoms with Crippen LogP contribution in [0.5, 0.6) is 17.2 Å². The van der Waals surface area contributed by atoms with Gasteiger partial charge in [0.25, 0.3) is 0 Å². The first kappa shape index (κ1) is 29.0. The molecule has 37 heavy (non-hydrogen) atoms. The van der Waals surface area contributed by atoms with Crippen molar-refractivity contribution < 1.29 is 34.0 Å². The van der Waals surface area contributed by atoms with E-state index in [9.17, 15) is 19.8 Å². The average molecular weight is 521 g/mol. The van der Waals surface area contributed by atoms with Crippen LogP contribution in [0.3, 0.4) is 0 Å². The number of carbonyl (C=O) groups excluding carboxylic acids is 1. The van der Waals surface area contributed by atoms with Crippen molar-refractivity contribution in [3.05, 3.63) is 17.7 Å². The van der Waals surface area contributed by atoms with Crippen molar-refractivity contribution in [2.24, 2.45) is 11.8 Å². The number of rotatable bonds is 15. The monoisotopic (exact) mass is 520 g/mol. The lowest BCUT2D eigenvalue weighted by atomic mass is 9.81. The Morgan fingerprint density at radius 2 is 1.95 bits per heavy atom. The zero-order chi connectivity index (χ0) is 26.9. The second-order valence-electron chi connectivity index (χ2n) is 10.4. The normalized spacial score (nSPS) is 21.7. The number of aliphatic hydroxyl groups is 1. The smallest absolute Gasteiger partial charge is 0.308 e. The highest BCUT2D eigenvalue weighted by molar-refractivity contribution is 5.79. The molecule has 0 aliphatic carbocycles. The molecule has 4 atom stereocenters. The maximum Gasteiger partial charge on any atom is 0.308 e. The van der Waals surface area contributed by atoms with Gasteiger partial charge in [0.2, 0.25) is 18.4 Å². The number of aliphatic hydroxyl groups excluding tert-OH is 1. The van der Waals surface area contributed by atoms with E-state index >= 15 is 0 Å². The number of methoxy groups -OCH3 is 1. The summed E-state index contributed by atoms with van der Waals surface area (Å²) in [7, 11) is 1.56. The fourth-order valence-corrected chi connectivity index (χ4v) is 5.76. The van der Waals surface area contributed by atoms with Crippen LogP contribution in [0.1, 0.15) is 70.8 Å². The summed E-state index contributed by atoms with van der Waals surface area (Å²) >= 11 is 0. The van der Waals surface area contributed by atoms with E-state index in [4.69, 9.17) is 14.2 Å². The van der Waals surface area contributed by atoms with E-state index < -0.39 is 11.9 Å². The van der Waals surface area contributed by atoms with Gasteiger partial charge in [-0.05, 0) is 42.9 Å². The third kappa shape index (κ3) is 7.08. The quantitative estimate of drug-likeness (QED) is 0.360. The highest BCUT2D eigenvalue weighted by atomic mass is 16.7. The Morgan fingerprint density at radius 1 is 1.19 bits per heavy atom. The molecule has 1 aromatic rings. The highest BCUT2D eigenvalue weighted by Gasteiger charge is 2.48. The van der Waals surface area contributed by atoms with E-state index in [-0.39, 0.29) is 37.8 Å². The van der Waals surface area contributed by atoms with E-state index in [0.717, 1.165) is 31.2 Å². The summed E-state index contributed by atoms with van der Waals surface area (Å²) in [5.41, 5.74) is 0.819. The van der Waals surface area contributed by atoms with Gasteiger partial charge in [0.05, 0.1) is 19.6 Å². The number of amides is 1. The van der Waals surface area contributed by atoms with Crippen LogP contribution in [-0.4, -0.2) is 84.6 Å². The molecule has 1 amide bonds. The number of nitrogens with zero attached hydrogens (tertiary/aromatic N) is 2. The number of likely N-dealkylation sites (tertiary alicyclic amines) is 1. The van der Waals surface area contributed by atoms with Crippen LogP contribution >= 0.6 is 0 Å². The molecular formula is C28H44N2O7. The molecule has 1 fully saturated rings. The first-order valence-corrected chi connectivity index (χ1v) is 13.7. The second-order valence-corrected chi connectivity index (χ2v) is 10.4. The van der Waals surface area contributed by atoms with Crippen molar-refractivity contribution in [3.63, 3.8) is 0 Å². The molecule has 2 N–H and O–H groups in total. The van der Waals surface area contributed by atoms with E-state index in [1.165, 1.54) is 0 Å². The van der Waals surface area contributed by atoms with Gasteiger partial charge in [0.15, 0.2) is 11.5 Å². The predicted octanol–water partition coefficient (Wildman–Crippen LogP) is 3.73. The maximum absolute atomic E-state index is 13.4. The predicted molar refractivity (Wildman–Crippen MR) is 140 cm³/mol. The molecule has 2 heterocycles. The number of unbranched alkanes of at least 4 members (excludes halogenated alkanes) is 1. The first-order valence-electron chi connectivity index (χ1n) is 13.7. The minimum atomic E-state index is -0.853. The van der Waals surface area contributed by atoms with Crippen molar-refractivity contribution in [2.45, 2.75) is 71.3 Å². The summed E-state index contributed by atoms with van der Waals surface area (Å²) in [6, 6.07) is 3.44. The number of hydrogen-bond donors (Lipinski definition) is 2. The van der Waals surface area contributed by atoms with Crippen molar-refractivity contribution in [3.8, 4) is 17.2 Å². The van der Waals surface area contributed by atoms with Crippen LogP contribution in [0.15, 0.2) is 12.1 Å².